The number of aliphatic hydroxyl groups excluding tert-OH is 1. The molecule has 0 bridgehead atoms. The molecule has 0 aromatic heterocycles. The van der Waals surface area contributed by atoms with E-state index in [4.69, 9.17) is 0 Å². The Labute approximate surface area is 116 Å². The van der Waals surface area contributed by atoms with Crippen molar-refractivity contribution in [3.8, 4) is 0 Å². The first-order valence-corrected chi connectivity index (χ1v) is 7.92. The Morgan fingerprint density at radius 1 is 1.00 bits per heavy atom. The zero-order valence-electron chi connectivity index (χ0n) is 11.8. The van der Waals surface area contributed by atoms with Crippen molar-refractivity contribution >= 4 is 15.9 Å². The van der Waals surface area contributed by atoms with Gasteiger partial charge in [-0.1, -0.05) is 73.4 Å². The summed E-state index contributed by atoms with van der Waals surface area (Å²) in [5.41, 5.74) is 1.30. The maximum absolute atomic E-state index is 9.41. The lowest BCUT2D eigenvalue weighted by atomic mass is 10.0. The average molecular weight is 305 g/mol. The van der Waals surface area contributed by atoms with Crippen molar-refractivity contribution in [3.05, 3.63) is 10.1 Å². The smallest absolute Gasteiger partial charge is 0.0825 e. The highest BCUT2D eigenvalue weighted by Crippen LogP contribution is 2.21. The highest BCUT2D eigenvalue weighted by Gasteiger charge is 2.04. The standard InChI is InChI=1S/C15H29BrO/c1-4-5-6-7-8-9-10-11-12-13(2)15(16)14(3)17/h14,17H,4-12H2,1-3H3. The molecular weight excluding hydrogens is 276 g/mol. The van der Waals surface area contributed by atoms with Gasteiger partial charge in [-0.2, -0.15) is 0 Å². The van der Waals surface area contributed by atoms with Crippen LogP contribution in [0.3, 0.4) is 0 Å². The second-order valence-electron chi connectivity index (χ2n) is 5.03. The van der Waals surface area contributed by atoms with Gasteiger partial charge in [-0.05, 0) is 26.7 Å². The van der Waals surface area contributed by atoms with Crippen LogP contribution in [-0.2, 0) is 0 Å². The monoisotopic (exact) mass is 304 g/mol. The Morgan fingerprint density at radius 2 is 1.47 bits per heavy atom. The summed E-state index contributed by atoms with van der Waals surface area (Å²) in [5, 5.41) is 9.41. The Balaban J connectivity index is 3.43. The fraction of sp³-hybridized carbons (Fsp3) is 0.867. The third-order valence-corrected chi connectivity index (χ3v) is 4.52. The molecule has 0 amide bonds. The van der Waals surface area contributed by atoms with E-state index in [9.17, 15) is 5.11 Å². The summed E-state index contributed by atoms with van der Waals surface area (Å²) >= 11 is 3.45. The van der Waals surface area contributed by atoms with Crippen LogP contribution in [0.4, 0.5) is 0 Å². The first-order valence-electron chi connectivity index (χ1n) is 7.12. The molecule has 0 aliphatic rings. The van der Waals surface area contributed by atoms with Gasteiger partial charge in [-0.15, -0.1) is 0 Å². The third kappa shape index (κ3) is 9.84. The van der Waals surface area contributed by atoms with Gasteiger partial charge in [0.15, 0.2) is 0 Å². The number of aliphatic hydroxyl groups is 1. The highest BCUT2D eigenvalue weighted by molar-refractivity contribution is 9.11. The molecule has 0 aromatic rings. The Kier molecular flexibility index (Phi) is 11.4. The van der Waals surface area contributed by atoms with Gasteiger partial charge >= 0.3 is 0 Å². The molecule has 17 heavy (non-hydrogen) atoms. The Hall–Kier alpha value is 0.180. The van der Waals surface area contributed by atoms with Crippen LogP contribution in [0.15, 0.2) is 10.1 Å². The third-order valence-electron chi connectivity index (χ3n) is 3.18. The lowest BCUT2D eigenvalue weighted by Gasteiger charge is -2.08. The molecule has 0 saturated carbocycles. The van der Waals surface area contributed by atoms with Crippen molar-refractivity contribution in [1.29, 1.82) is 0 Å². The SMILES string of the molecule is CCCCCCCCCCC(C)=C(Br)C(C)O. The molecule has 0 aliphatic carbocycles. The van der Waals surface area contributed by atoms with Gasteiger partial charge in [-0.25, -0.2) is 0 Å². The topological polar surface area (TPSA) is 20.2 Å². The van der Waals surface area contributed by atoms with E-state index in [0.29, 0.717) is 0 Å². The number of unbranched alkanes of at least 4 members (excludes halogenated alkanes) is 7. The minimum absolute atomic E-state index is 0.357. The summed E-state index contributed by atoms with van der Waals surface area (Å²) in [6.07, 6.45) is 11.6. The van der Waals surface area contributed by atoms with Gasteiger partial charge in [-0.3, -0.25) is 0 Å². The van der Waals surface area contributed by atoms with Gasteiger partial charge in [0, 0.05) is 4.48 Å². The van der Waals surface area contributed by atoms with Gasteiger partial charge in [0.25, 0.3) is 0 Å². The van der Waals surface area contributed by atoms with Gasteiger partial charge in [0.05, 0.1) is 6.10 Å². The normalized spacial score (nSPS) is 14.6. The first kappa shape index (κ1) is 17.2. The number of hydrogen-bond acceptors (Lipinski definition) is 1. The first-order chi connectivity index (χ1) is 8.09. The minimum Gasteiger partial charge on any atom is -0.388 e. The van der Waals surface area contributed by atoms with Crippen molar-refractivity contribution in [1.82, 2.24) is 0 Å². The number of halogens is 1. The van der Waals surface area contributed by atoms with E-state index in [1.807, 2.05) is 0 Å². The highest BCUT2D eigenvalue weighted by atomic mass is 79.9. The molecule has 0 fully saturated rings. The van der Waals surface area contributed by atoms with Crippen LogP contribution in [0.1, 0.15) is 78.6 Å². The molecule has 0 aromatic carbocycles. The predicted molar refractivity (Wildman–Crippen MR) is 80.5 cm³/mol. The van der Waals surface area contributed by atoms with Crippen molar-refractivity contribution in [2.45, 2.75) is 84.7 Å². The van der Waals surface area contributed by atoms with Crippen LogP contribution >= 0.6 is 15.9 Å². The van der Waals surface area contributed by atoms with Crippen LogP contribution < -0.4 is 0 Å². The Bertz CT molecular complexity index is 209. The molecule has 0 heterocycles. The molecule has 102 valence electrons. The van der Waals surface area contributed by atoms with E-state index in [-0.39, 0.29) is 6.10 Å². The molecule has 1 nitrogen and oxygen atoms in total. The van der Waals surface area contributed by atoms with E-state index in [1.54, 1.807) is 6.92 Å². The molecule has 0 aliphatic heterocycles. The fourth-order valence-electron chi connectivity index (χ4n) is 2.00. The van der Waals surface area contributed by atoms with Crippen molar-refractivity contribution < 1.29 is 5.11 Å². The zero-order chi connectivity index (χ0) is 13.1. The molecule has 2 heteroatoms. The molecule has 0 radical (unpaired) electrons. The predicted octanol–water partition coefficient (Wildman–Crippen LogP) is 5.57. The molecule has 1 unspecified atom stereocenters. The van der Waals surface area contributed by atoms with E-state index in [1.165, 1.54) is 56.9 Å². The lowest BCUT2D eigenvalue weighted by Crippen LogP contribution is -2.01. The summed E-state index contributed by atoms with van der Waals surface area (Å²) < 4.78 is 0.973. The summed E-state index contributed by atoms with van der Waals surface area (Å²) in [4.78, 5) is 0. The maximum Gasteiger partial charge on any atom is 0.0825 e. The van der Waals surface area contributed by atoms with Gasteiger partial charge in [0.1, 0.15) is 0 Å². The van der Waals surface area contributed by atoms with Crippen molar-refractivity contribution in [2.24, 2.45) is 0 Å². The van der Waals surface area contributed by atoms with E-state index < -0.39 is 0 Å². The number of rotatable bonds is 10. The Morgan fingerprint density at radius 3 is 1.94 bits per heavy atom. The van der Waals surface area contributed by atoms with E-state index >= 15 is 0 Å². The van der Waals surface area contributed by atoms with Crippen LogP contribution in [0.5, 0.6) is 0 Å². The summed E-state index contributed by atoms with van der Waals surface area (Å²) in [6, 6.07) is 0. The minimum atomic E-state index is -0.357. The number of allylic oxidation sites excluding steroid dienone is 1. The lowest BCUT2D eigenvalue weighted by molar-refractivity contribution is 0.240. The second-order valence-corrected chi connectivity index (χ2v) is 5.88. The average Bonchev–Trinajstić information content (AvgIpc) is 2.31. The van der Waals surface area contributed by atoms with E-state index in [2.05, 4.69) is 29.8 Å². The van der Waals surface area contributed by atoms with Crippen LogP contribution in [0, 0.1) is 0 Å². The van der Waals surface area contributed by atoms with Crippen LogP contribution in [-0.4, -0.2) is 11.2 Å². The molecule has 0 saturated heterocycles. The summed E-state index contributed by atoms with van der Waals surface area (Å²) in [5.74, 6) is 0. The van der Waals surface area contributed by atoms with Gasteiger partial charge < -0.3 is 5.11 Å². The van der Waals surface area contributed by atoms with Gasteiger partial charge in [0.2, 0.25) is 0 Å². The quantitative estimate of drug-likeness (QED) is 0.523. The number of hydrogen-bond donors (Lipinski definition) is 1. The second kappa shape index (κ2) is 11.3. The molecule has 1 atom stereocenters. The fourth-order valence-corrected chi connectivity index (χ4v) is 2.20. The largest absolute Gasteiger partial charge is 0.388 e. The molecule has 0 rings (SSSR count). The van der Waals surface area contributed by atoms with Crippen molar-refractivity contribution in [3.63, 3.8) is 0 Å². The molecule has 1 N–H and O–H groups in total. The molecular formula is C15H29BrO. The molecule has 0 spiro atoms. The van der Waals surface area contributed by atoms with E-state index in [0.717, 1.165) is 10.9 Å². The summed E-state index contributed by atoms with van der Waals surface area (Å²) in [6.45, 7) is 6.18. The van der Waals surface area contributed by atoms with Crippen LogP contribution in [0.2, 0.25) is 0 Å². The van der Waals surface area contributed by atoms with Crippen LogP contribution in [0.25, 0.3) is 0 Å². The van der Waals surface area contributed by atoms with Crippen molar-refractivity contribution in [2.75, 3.05) is 0 Å². The maximum atomic E-state index is 9.41. The summed E-state index contributed by atoms with van der Waals surface area (Å²) in [7, 11) is 0. The zero-order valence-corrected chi connectivity index (χ0v) is 13.4.